The molecule has 0 atom stereocenters. The van der Waals surface area contributed by atoms with Crippen molar-refractivity contribution >= 4 is 23.2 Å². The molecule has 0 unspecified atom stereocenters. The third kappa shape index (κ3) is 4.12. The predicted molar refractivity (Wildman–Crippen MR) is 59.4 cm³/mol. The van der Waals surface area contributed by atoms with Gasteiger partial charge in [-0.25, -0.2) is 0 Å². The van der Waals surface area contributed by atoms with E-state index in [4.69, 9.17) is 0 Å². The predicted octanol–water partition coefficient (Wildman–Crippen LogP) is 1.56. The molecule has 0 aromatic carbocycles. The van der Waals surface area contributed by atoms with E-state index in [1.807, 2.05) is 19.2 Å². The third-order valence-electron chi connectivity index (χ3n) is 1.69. The van der Waals surface area contributed by atoms with Crippen molar-refractivity contribution in [2.75, 3.05) is 0 Å². The smallest absolute Gasteiger partial charge is 0.270 e. The summed E-state index contributed by atoms with van der Waals surface area (Å²) in [5.74, 6) is -0.176. The molecule has 0 fully saturated rings. The van der Waals surface area contributed by atoms with E-state index in [1.54, 1.807) is 11.4 Å². The highest BCUT2D eigenvalue weighted by molar-refractivity contribution is 7.08. The molecule has 0 spiro atoms. The second kappa shape index (κ2) is 5.50. The van der Waals surface area contributed by atoms with Gasteiger partial charge < -0.3 is 0 Å². The van der Waals surface area contributed by atoms with E-state index in [9.17, 15) is 9.59 Å². The highest BCUT2D eigenvalue weighted by atomic mass is 32.1. The summed E-state index contributed by atoms with van der Waals surface area (Å²) in [7, 11) is 0. The Balaban J connectivity index is 2.32. The second-order valence-corrected chi connectivity index (χ2v) is 4.39. The monoisotopic (exact) mass is 226 g/mol. The molecule has 0 aliphatic rings. The van der Waals surface area contributed by atoms with Gasteiger partial charge >= 0.3 is 0 Å². The molecular formula is C10H14N2O2S. The number of hydrogen-bond acceptors (Lipinski definition) is 3. The van der Waals surface area contributed by atoms with Crippen molar-refractivity contribution in [2.24, 2.45) is 5.92 Å². The first-order chi connectivity index (χ1) is 7.09. The first-order valence-electron chi connectivity index (χ1n) is 4.71. The lowest BCUT2D eigenvalue weighted by molar-refractivity contribution is -0.122. The topological polar surface area (TPSA) is 58.2 Å². The SMILES string of the molecule is CC(C)CC(=O)NNC(=O)c1ccsc1. The molecule has 1 rings (SSSR count). The summed E-state index contributed by atoms with van der Waals surface area (Å²) in [5, 5.41) is 3.54. The van der Waals surface area contributed by atoms with Crippen LogP contribution < -0.4 is 10.9 Å². The number of carbonyl (C=O) groups excluding carboxylic acids is 2. The van der Waals surface area contributed by atoms with Gasteiger partial charge in [-0.2, -0.15) is 11.3 Å². The maximum absolute atomic E-state index is 11.4. The van der Waals surface area contributed by atoms with Gasteiger partial charge in [0.05, 0.1) is 5.56 Å². The summed E-state index contributed by atoms with van der Waals surface area (Å²) in [4.78, 5) is 22.6. The van der Waals surface area contributed by atoms with Crippen LogP contribution in [0.15, 0.2) is 16.8 Å². The lowest BCUT2D eigenvalue weighted by Crippen LogP contribution is -2.41. The van der Waals surface area contributed by atoms with Gasteiger partial charge in [-0.3, -0.25) is 20.4 Å². The molecule has 1 heterocycles. The largest absolute Gasteiger partial charge is 0.273 e. The van der Waals surface area contributed by atoms with Crippen LogP contribution >= 0.6 is 11.3 Å². The van der Waals surface area contributed by atoms with Crippen molar-refractivity contribution in [3.8, 4) is 0 Å². The van der Waals surface area contributed by atoms with E-state index in [0.717, 1.165) is 0 Å². The minimum absolute atomic E-state index is 0.173. The average molecular weight is 226 g/mol. The molecule has 2 N–H and O–H groups in total. The van der Waals surface area contributed by atoms with Crippen molar-refractivity contribution in [2.45, 2.75) is 20.3 Å². The fourth-order valence-electron chi connectivity index (χ4n) is 1.01. The summed E-state index contributed by atoms with van der Waals surface area (Å²) in [6, 6.07) is 1.70. The molecular weight excluding hydrogens is 212 g/mol. The van der Waals surface area contributed by atoms with Gasteiger partial charge in [-0.05, 0) is 17.4 Å². The molecule has 2 amide bonds. The van der Waals surface area contributed by atoms with Gasteiger partial charge in [0.15, 0.2) is 0 Å². The molecule has 15 heavy (non-hydrogen) atoms. The average Bonchev–Trinajstić information content (AvgIpc) is 2.65. The number of hydrogen-bond donors (Lipinski definition) is 2. The minimum Gasteiger partial charge on any atom is -0.273 e. The normalized spacial score (nSPS) is 10.1. The van der Waals surface area contributed by atoms with Gasteiger partial charge in [0.1, 0.15) is 0 Å². The lowest BCUT2D eigenvalue weighted by atomic mass is 10.1. The summed E-state index contributed by atoms with van der Waals surface area (Å²) in [6.45, 7) is 3.89. The first-order valence-corrected chi connectivity index (χ1v) is 5.65. The van der Waals surface area contributed by atoms with Crippen molar-refractivity contribution < 1.29 is 9.59 Å². The Bertz CT molecular complexity index is 333. The fourth-order valence-corrected chi connectivity index (χ4v) is 1.65. The molecule has 4 nitrogen and oxygen atoms in total. The Labute approximate surface area is 92.7 Å². The third-order valence-corrected chi connectivity index (χ3v) is 2.38. The zero-order valence-corrected chi connectivity index (χ0v) is 9.56. The molecule has 0 bridgehead atoms. The van der Waals surface area contributed by atoms with Crippen molar-refractivity contribution in [1.82, 2.24) is 10.9 Å². The summed E-state index contributed by atoms with van der Waals surface area (Å²) in [5.41, 5.74) is 5.29. The van der Waals surface area contributed by atoms with Crippen LogP contribution in [0.25, 0.3) is 0 Å². The Morgan fingerprint density at radius 1 is 1.40 bits per heavy atom. The lowest BCUT2D eigenvalue weighted by Gasteiger charge is -2.07. The Hall–Kier alpha value is -1.36. The number of carbonyl (C=O) groups is 2. The van der Waals surface area contributed by atoms with Gasteiger partial charge in [-0.15, -0.1) is 0 Å². The molecule has 1 aromatic heterocycles. The van der Waals surface area contributed by atoms with E-state index in [0.29, 0.717) is 12.0 Å². The molecule has 0 radical (unpaired) electrons. The highest BCUT2D eigenvalue weighted by Crippen LogP contribution is 2.04. The van der Waals surface area contributed by atoms with Crippen molar-refractivity contribution in [3.05, 3.63) is 22.4 Å². The minimum atomic E-state index is -0.284. The number of amides is 2. The van der Waals surface area contributed by atoms with Crippen LogP contribution in [0.2, 0.25) is 0 Å². The van der Waals surface area contributed by atoms with Gasteiger partial charge in [-0.1, -0.05) is 13.8 Å². The van der Waals surface area contributed by atoms with Crippen molar-refractivity contribution in [1.29, 1.82) is 0 Å². The Morgan fingerprint density at radius 3 is 2.67 bits per heavy atom. The van der Waals surface area contributed by atoms with Crippen LogP contribution in [0, 0.1) is 5.92 Å². The van der Waals surface area contributed by atoms with Crippen LogP contribution in [0.1, 0.15) is 30.6 Å². The number of rotatable bonds is 3. The Kier molecular flexibility index (Phi) is 4.30. The van der Waals surface area contributed by atoms with Crippen LogP contribution in [-0.2, 0) is 4.79 Å². The molecule has 0 aliphatic heterocycles. The quantitative estimate of drug-likeness (QED) is 0.768. The first kappa shape index (κ1) is 11.7. The van der Waals surface area contributed by atoms with Gasteiger partial charge in [0, 0.05) is 11.8 Å². The van der Waals surface area contributed by atoms with Crippen LogP contribution in [0.4, 0.5) is 0 Å². The molecule has 5 heteroatoms. The van der Waals surface area contributed by atoms with Crippen molar-refractivity contribution in [3.63, 3.8) is 0 Å². The zero-order chi connectivity index (χ0) is 11.3. The summed E-state index contributed by atoms with van der Waals surface area (Å²) in [6.07, 6.45) is 0.407. The number of nitrogens with one attached hydrogen (secondary N) is 2. The number of thiophene rings is 1. The maximum atomic E-state index is 11.4. The van der Waals surface area contributed by atoms with Crippen LogP contribution in [0.3, 0.4) is 0 Å². The summed E-state index contributed by atoms with van der Waals surface area (Å²) < 4.78 is 0. The standard InChI is InChI=1S/C10H14N2O2S/c1-7(2)5-9(13)11-12-10(14)8-3-4-15-6-8/h3-4,6-7H,5H2,1-2H3,(H,11,13)(H,12,14). The van der Waals surface area contributed by atoms with Crippen LogP contribution in [-0.4, -0.2) is 11.8 Å². The molecule has 0 aliphatic carbocycles. The van der Waals surface area contributed by atoms with Crippen LogP contribution in [0.5, 0.6) is 0 Å². The maximum Gasteiger partial charge on any atom is 0.270 e. The molecule has 0 saturated heterocycles. The number of hydrazine groups is 1. The fraction of sp³-hybridized carbons (Fsp3) is 0.400. The van der Waals surface area contributed by atoms with E-state index in [-0.39, 0.29) is 17.7 Å². The van der Waals surface area contributed by atoms with E-state index in [2.05, 4.69) is 10.9 Å². The van der Waals surface area contributed by atoms with E-state index < -0.39 is 0 Å². The van der Waals surface area contributed by atoms with Gasteiger partial charge in [0.25, 0.3) is 5.91 Å². The highest BCUT2D eigenvalue weighted by Gasteiger charge is 2.08. The zero-order valence-electron chi connectivity index (χ0n) is 8.74. The second-order valence-electron chi connectivity index (χ2n) is 3.61. The van der Waals surface area contributed by atoms with Gasteiger partial charge in [0.2, 0.25) is 5.91 Å². The Morgan fingerprint density at radius 2 is 2.13 bits per heavy atom. The molecule has 82 valence electrons. The van der Waals surface area contributed by atoms with E-state index >= 15 is 0 Å². The molecule has 1 aromatic rings. The summed E-state index contributed by atoms with van der Waals surface area (Å²) >= 11 is 1.44. The molecule has 0 saturated carbocycles. The van der Waals surface area contributed by atoms with E-state index in [1.165, 1.54) is 11.3 Å².